The van der Waals surface area contributed by atoms with Gasteiger partial charge in [0.05, 0.1) is 31.0 Å². The van der Waals surface area contributed by atoms with E-state index in [4.69, 9.17) is 25.8 Å². The van der Waals surface area contributed by atoms with Gasteiger partial charge in [0.1, 0.15) is 6.10 Å². The zero-order chi connectivity index (χ0) is 20.4. The molecule has 1 spiro atoms. The first-order valence-corrected chi connectivity index (χ1v) is 10.5. The Morgan fingerprint density at radius 1 is 1.18 bits per heavy atom. The van der Waals surface area contributed by atoms with Gasteiger partial charge in [0, 0.05) is 37.1 Å². The summed E-state index contributed by atoms with van der Waals surface area (Å²) in [7, 11) is 0. The molecule has 7 heteroatoms. The van der Waals surface area contributed by atoms with Gasteiger partial charge < -0.3 is 24.4 Å². The van der Waals surface area contributed by atoms with Crippen LogP contribution in [0.4, 0.5) is 0 Å². The highest BCUT2D eigenvalue weighted by molar-refractivity contribution is 6.31. The van der Waals surface area contributed by atoms with E-state index in [0.29, 0.717) is 30.4 Å². The molecule has 2 atom stereocenters. The Morgan fingerprint density at radius 2 is 1.79 bits per heavy atom. The minimum absolute atomic E-state index is 0.190. The SMILES string of the molecule is CCOc1cc(Cl)c(CN2CCC3(CC2)C[C@](C)(O)[C@@H](O)CO3)cc1OCC. The molecule has 0 aromatic heterocycles. The number of piperidine rings is 1. The maximum atomic E-state index is 10.5. The van der Waals surface area contributed by atoms with E-state index in [1.165, 1.54) is 0 Å². The van der Waals surface area contributed by atoms with Crippen molar-refractivity contribution in [1.82, 2.24) is 4.90 Å². The Balaban J connectivity index is 1.65. The lowest BCUT2D eigenvalue weighted by atomic mass is 9.76. The fourth-order valence-electron chi connectivity index (χ4n) is 4.17. The number of rotatable bonds is 6. The molecule has 2 saturated heterocycles. The second-order valence-electron chi connectivity index (χ2n) is 8.08. The highest BCUT2D eigenvalue weighted by atomic mass is 35.5. The Bertz CT molecular complexity index is 673. The molecule has 2 aliphatic heterocycles. The van der Waals surface area contributed by atoms with Gasteiger partial charge in [-0.05, 0) is 45.2 Å². The molecule has 0 radical (unpaired) electrons. The number of benzene rings is 1. The standard InChI is InChI=1S/C21H32ClNO5/c1-4-26-17-10-15(16(22)11-18(17)27-5-2)12-23-8-6-21(7-9-23)14-20(3,25)19(24)13-28-21/h10-11,19,24-25H,4-9,12-14H2,1-3H3/t19-,20-/m0/s1. The van der Waals surface area contributed by atoms with E-state index in [-0.39, 0.29) is 12.2 Å². The van der Waals surface area contributed by atoms with Crippen molar-refractivity contribution >= 4 is 11.6 Å². The van der Waals surface area contributed by atoms with Gasteiger partial charge in [-0.3, -0.25) is 4.90 Å². The van der Waals surface area contributed by atoms with Gasteiger partial charge in [-0.1, -0.05) is 11.6 Å². The largest absolute Gasteiger partial charge is 0.490 e. The van der Waals surface area contributed by atoms with E-state index in [9.17, 15) is 10.2 Å². The molecule has 0 saturated carbocycles. The summed E-state index contributed by atoms with van der Waals surface area (Å²) in [6.07, 6.45) is 1.29. The van der Waals surface area contributed by atoms with Crippen LogP contribution in [0.15, 0.2) is 12.1 Å². The molecule has 2 aliphatic rings. The predicted octanol–water partition coefficient (Wildman–Crippen LogP) is 3.00. The fraction of sp³-hybridized carbons (Fsp3) is 0.714. The summed E-state index contributed by atoms with van der Waals surface area (Å²) in [6.45, 7) is 9.31. The number of hydrogen-bond acceptors (Lipinski definition) is 6. The van der Waals surface area contributed by atoms with Crippen molar-refractivity contribution in [3.63, 3.8) is 0 Å². The van der Waals surface area contributed by atoms with Crippen LogP contribution in [0, 0.1) is 0 Å². The summed E-state index contributed by atoms with van der Waals surface area (Å²) in [6, 6.07) is 3.80. The van der Waals surface area contributed by atoms with Gasteiger partial charge in [0.25, 0.3) is 0 Å². The van der Waals surface area contributed by atoms with Crippen LogP contribution < -0.4 is 9.47 Å². The van der Waals surface area contributed by atoms with Crippen molar-refractivity contribution in [3.05, 3.63) is 22.7 Å². The molecule has 2 heterocycles. The normalized spacial score (nSPS) is 27.7. The quantitative estimate of drug-likeness (QED) is 0.747. The zero-order valence-corrected chi connectivity index (χ0v) is 17.8. The average molecular weight is 414 g/mol. The summed E-state index contributed by atoms with van der Waals surface area (Å²) in [5.41, 5.74) is -0.430. The van der Waals surface area contributed by atoms with E-state index >= 15 is 0 Å². The number of aliphatic hydroxyl groups is 2. The molecule has 2 fully saturated rings. The molecule has 0 aliphatic carbocycles. The summed E-state index contributed by atoms with van der Waals surface area (Å²) < 4.78 is 17.3. The molecule has 1 aromatic rings. The van der Waals surface area contributed by atoms with Crippen LogP contribution in [0.2, 0.25) is 5.02 Å². The number of hydrogen-bond donors (Lipinski definition) is 2. The second-order valence-corrected chi connectivity index (χ2v) is 8.48. The monoisotopic (exact) mass is 413 g/mol. The maximum Gasteiger partial charge on any atom is 0.162 e. The third-order valence-corrected chi connectivity index (χ3v) is 6.17. The topological polar surface area (TPSA) is 71.4 Å². The first-order valence-electron chi connectivity index (χ1n) is 10.1. The van der Waals surface area contributed by atoms with E-state index < -0.39 is 11.7 Å². The van der Waals surface area contributed by atoms with E-state index in [2.05, 4.69) is 4.90 Å². The lowest BCUT2D eigenvalue weighted by Gasteiger charge is -2.50. The molecule has 28 heavy (non-hydrogen) atoms. The minimum Gasteiger partial charge on any atom is -0.490 e. The molecular weight excluding hydrogens is 382 g/mol. The summed E-state index contributed by atoms with van der Waals surface area (Å²) in [5, 5.41) is 21.1. The lowest BCUT2D eigenvalue weighted by Crippen LogP contribution is -2.59. The average Bonchev–Trinajstić information content (AvgIpc) is 2.64. The molecule has 0 bridgehead atoms. The smallest absolute Gasteiger partial charge is 0.162 e. The molecule has 2 N–H and O–H groups in total. The van der Waals surface area contributed by atoms with Crippen LogP contribution in [-0.2, 0) is 11.3 Å². The Kier molecular flexibility index (Phi) is 6.77. The van der Waals surface area contributed by atoms with Crippen molar-refractivity contribution < 1.29 is 24.4 Å². The van der Waals surface area contributed by atoms with Crippen molar-refractivity contribution in [3.8, 4) is 11.5 Å². The van der Waals surface area contributed by atoms with Gasteiger partial charge in [-0.25, -0.2) is 0 Å². The molecule has 6 nitrogen and oxygen atoms in total. The molecule has 158 valence electrons. The number of aliphatic hydroxyl groups excluding tert-OH is 1. The van der Waals surface area contributed by atoms with E-state index in [1.807, 2.05) is 26.0 Å². The van der Waals surface area contributed by atoms with Crippen LogP contribution in [0.1, 0.15) is 45.6 Å². The van der Waals surface area contributed by atoms with Crippen molar-refractivity contribution in [2.75, 3.05) is 32.9 Å². The zero-order valence-electron chi connectivity index (χ0n) is 17.0. The Hall–Kier alpha value is -1.05. The number of likely N-dealkylation sites (tertiary alicyclic amines) is 1. The highest BCUT2D eigenvalue weighted by Crippen LogP contribution is 2.40. The first kappa shape index (κ1) is 21.7. The molecule has 3 rings (SSSR count). The van der Waals surface area contributed by atoms with Crippen LogP contribution in [0.25, 0.3) is 0 Å². The second kappa shape index (κ2) is 8.76. The van der Waals surface area contributed by atoms with Crippen LogP contribution >= 0.6 is 11.6 Å². The molecule has 0 amide bonds. The molecular formula is C21H32ClNO5. The molecule has 1 aromatic carbocycles. The van der Waals surface area contributed by atoms with Crippen LogP contribution in [0.5, 0.6) is 11.5 Å². The van der Waals surface area contributed by atoms with Crippen molar-refractivity contribution in [1.29, 1.82) is 0 Å². The summed E-state index contributed by atoms with van der Waals surface area (Å²) in [4.78, 5) is 2.34. The number of halogens is 1. The van der Waals surface area contributed by atoms with Crippen molar-refractivity contribution in [2.24, 2.45) is 0 Å². The van der Waals surface area contributed by atoms with Crippen LogP contribution in [-0.4, -0.2) is 65.3 Å². The van der Waals surface area contributed by atoms with Gasteiger partial charge in [0.15, 0.2) is 11.5 Å². The third kappa shape index (κ3) is 4.74. The molecule has 0 unspecified atom stereocenters. The number of nitrogens with zero attached hydrogens (tertiary/aromatic N) is 1. The summed E-state index contributed by atoms with van der Waals surface area (Å²) in [5.74, 6) is 1.39. The highest BCUT2D eigenvalue weighted by Gasteiger charge is 2.48. The maximum absolute atomic E-state index is 10.5. The van der Waals surface area contributed by atoms with Gasteiger partial charge in [-0.15, -0.1) is 0 Å². The van der Waals surface area contributed by atoms with E-state index in [1.54, 1.807) is 6.92 Å². The Morgan fingerprint density at radius 3 is 2.36 bits per heavy atom. The van der Waals surface area contributed by atoms with Crippen molar-refractivity contribution in [2.45, 2.75) is 63.9 Å². The lowest BCUT2D eigenvalue weighted by molar-refractivity contribution is -0.223. The summed E-state index contributed by atoms with van der Waals surface area (Å²) >= 11 is 6.50. The van der Waals surface area contributed by atoms with E-state index in [0.717, 1.165) is 43.8 Å². The van der Waals surface area contributed by atoms with Gasteiger partial charge in [0.2, 0.25) is 0 Å². The first-order chi connectivity index (χ1) is 13.3. The van der Waals surface area contributed by atoms with Crippen LogP contribution in [0.3, 0.4) is 0 Å². The fourth-order valence-corrected chi connectivity index (χ4v) is 4.39. The third-order valence-electron chi connectivity index (χ3n) is 5.82. The predicted molar refractivity (Wildman–Crippen MR) is 108 cm³/mol. The van der Waals surface area contributed by atoms with Gasteiger partial charge >= 0.3 is 0 Å². The number of ether oxygens (including phenoxy) is 3. The Labute approximate surface area is 172 Å². The van der Waals surface area contributed by atoms with Gasteiger partial charge in [-0.2, -0.15) is 0 Å². The minimum atomic E-state index is -1.09.